The number of fused-ring (bicyclic) bond motifs is 1. The number of para-hydroxylation sites is 1. The van der Waals surface area contributed by atoms with E-state index in [4.69, 9.17) is 0 Å². The molecule has 140 valence electrons. The molecule has 2 aromatic rings. The zero-order valence-electron chi connectivity index (χ0n) is 15.0. The van der Waals surface area contributed by atoms with E-state index in [9.17, 15) is 14.7 Å². The molecule has 1 aromatic heterocycles. The summed E-state index contributed by atoms with van der Waals surface area (Å²) in [7, 11) is 0. The van der Waals surface area contributed by atoms with E-state index in [1.807, 2.05) is 24.3 Å². The van der Waals surface area contributed by atoms with E-state index in [-0.39, 0.29) is 24.0 Å². The lowest BCUT2D eigenvalue weighted by Gasteiger charge is -2.20. The first kappa shape index (κ1) is 17.3. The number of carbonyl (C=O) groups is 1. The molecule has 2 aliphatic rings. The summed E-state index contributed by atoms with van der Waals surface area (Å²) in [6.07, 6.45) is 7.59. The van der Waals surface area contributed by atoms with Gasteiger partial charge in [-0.3, -0.25) is 14.4 Å². The van der Waals surface area contributed by atoms with Crippen LogP contribution in [0.4, 0.5) is 5.69 Å². The molecule has 7 heteroatoms. The van der Waals surface area contributed by atoms with Crippen LogP contribution in [-0.4, -0.2) is 44.8 Å². The van der Waals surface area contributed by atoms with Gasteiger partial charge in [-0.15, -0.1) is 0 Å². The molecule has 0 saturated carbocycles. The summed E-state index contributed by atoms with van der Waals surface area (Å²) in [4.78, 5) is 33.6. The lowest BCUT2D eigenvalue weighted by atomic mass is 10.1. The number of imidazole rings is 1. The number of benzene rings is 1. The SMILES string of the molecule is O=C(Cn1c(O)c(/C=C2\C=Nc3ccccc32)[nH]c1=O)N1CCCCCC1. The number of hydrogen-bond acceptors (Lipinski definition) is 4. The van der Waals surface area contributed by atoms with Gasteiger partial charge in [0.05, 0.1) is 5.69 Å². The van der Waals surface area contributed by atoms with Crippen LogP contribution in [0.2, 0.25) is 0 Å². The summed E-state index contributed by atoms with van der Waals surface area (Å²) >= 11 is 0. The lowest BCUT2D eigenvalue weighted by Crippen LogP contribution is -2.36. The van der Waals surface area contributed by atoms with Crippen molar-refractivity contribution in [2.75, 3.05) is 13.1 Å². The smallest absolute Gasteiger partial charge is 0.329 e. The molecule has 2 aliphatic heterocycles. The number of nitrogens with zero attached hydrogens (tertiary/aromatic N) is 3. The average molecular weight is 366 g/mol. The fourth-order valence-corrected chi connectivity index (χ4v) is 3.59. The van der Waals surface area contributed by atoms with E-state index in [1.54, 1.807) is 17.2 Å². The van der Waals surface area contributed by atoms with Gasteiger partial charge >= 0.3 is 5.69 Å². The first-order valence-corrected chi connectivity index (χ1v) is 9.28. The van der Waals surface area contributed by atoms with Crippen molar-refractivity contribution in [3.05, 3.63) is 46.0 Å². The van der Waals surface area contributed by atoms with Crippen LogP contribution in [0.5, 0.6) is 5.88 Å². The number of hydrogen-bond donors (Lipinski definition) is 2. The molecule has 1 saturated heterocycles. The highest BCUT2D eigenvalue weighted by Gasteiger charge is 2.21. The molecule has 1 aromatic carbocycles. The number of aromatic hydroxyl groups is 1. The zero-order chi connectivity index (χ0) is 18.8. The number of aliphatic imine (C=N–C) groups is 1. The lowest BCUT2D eigenvalue weighted by molar-refractivity contribution is -0.131. The largest absolute Gasteiger partial charge is 0.493 e. The van der Waals surface area contributed by atoms with Crippen LogP contribution in [0.15, 0.2) is 34.1 Å². The highest BCUT2D eigenvalue weighted by Crippen LogP contribution is 2.32. The van der Waals surface area contributed by atoms with Gasteiger partial charge in [0.15, 0.2) is 0 Å². The van der Waals surface area contributed by atoms with Crippen LogP contribution in [0.3, 0.4) is 0 Å². The highest BCUT2D eigenvalue weighted by molar-refractivity contribution is 6.21. The fraction of sp³-hybridized carbons (Fsp3) is 0.350. The molecular formula is C20H22N4O3. The van der Waals surface area contributed by atoms with Crippen molar-refractivity contribution in [2.45, 2.75) is 32.2 Å². The van der Waals surface area contributed by atoms with Crippen molar-refractivity contribution in [3.8, 4) is 5.88 Å². The molecule has 27 heavy (non-hydrogen) atoms. The Labute approximate surface area is 156 Å². The van der Waals surface area contributed by atoms with E-state index in [2.05, 4.69) is 9.98 Å². The number of aromatic nitrogens is 2. The van der Waals surface area contributed by atoms with Crippen LogP contribution in [0.1, 0.15) is 36.9 Å². The first-order chi connectivity index (χ1) is 13.1. The van der Waals surface area contributed by atoms with E-state index in [1.165, 1.54) is 0 Å². The second kappa shape index (κ2) is 7.26. The van der Waals surface area contributed by atoms with Gasteiger partial charge in [-0.05, 0) is 25.0 Å². The van der Waals surface area contributed by atoms with Crippen molar-refractivity contribution >= 4 is 29.5 Å². The maximum atomic E-state index is 12.5. The Hall–Kier alpha value is -3.09. The maximum Gasteiger partial charge on any atom is 0.329 e. The third-order valence-corrected chi connectivity index (χ3v) is 5.09. The minimum atomic E-state index is -0.495. The Bertz CT molecular complexity index is 975. The Morgan fingerprint density at radius 2 is 1.93 bits per heavy atom. The van der Waals surface area contributed by atoms with Gasteiger partial charge in [0.2, 0.25) is 11.8 Å². The molecule has 0 spiro atoms. The first-order valence-electron chi connectivity index (χ1n) is 9.28. The molecule has 0 bridgehead atoms. The van der Waals surface area contributed by atoms with Gasteiger partial charge < -0.3 is 15.0 Å². The molecule has 0 aliphatic carbocycles. The Morgan fingerprint density at radius 3 is 2.70 bits per heavy atom. The Kier molecular flexibility index (Phi) is 4.66. The topological polar surface area (TPSA) is 90.7 Å². The number of likely N-dealkylation sites (tertiary alicyclic amines) is 1. The van der Waals surface area contributed by atoms with Crippen LogP contribution >= 0.6 is 0 Å². The van der Waals surface area contributed by atoms with E-state index < -0.39 is 5.69 Å². The monoisotopic (exact) mass is 366 g/mol. The van der Waals surface area contributed by atoms with E-state index >= 15 is 0 Å². The molecular weight excluding hydrogens is 344 g/mol. The van der Waals surface area contributed by atoms with Gasteiger partial charge in [-0.2, -0.15) is 0 Å². The fourth-order valence-electron chi connectivity index (χ4n) is 3.59. The second-order valence-corrected chi connectivity index (χ2v) is 6.92. The molecule has 0 unspecified atom stereocenters. The Balaban J connectivity index is 1.58. The van der Waals surface area contributed by atoms with Crippen LogP contribution < -0.4 is 5.69 Å². The molecule has 2 N–H and O–H groups in total. The molecule has 1 amide bonds. The number of allylic oxidation sites excluding steroid dienone is 1. The van der Waals surface area contributed by atoms with Gasteiger partial charge in [-0.1, -0.05) is 31.0 Å². The summed E-state index contributed by atoms with van der Waals surface area (Å²) in [5, 5.41) is 10.5. The van der Waals surface area contributed by atoms with E-state index in [0.717, 1.165) is 47.1 Å². The van der Waals surface area contributed by atoms with Gasteiger partial charge in [0.1, 0.15) is 12.2 Å². The van der Waals surface area contributed by atoms with Crippen molar-refractivity contribution in [1.29, 1.82) is 0 Å². The summed E-state index contributed by atoms with van der Waals surface area (Å²) in [5.41, 5.74) is 2.37. The predicted molar refractivity (Wildman–Crippen MR) is 104 cm³/mol. The van der Waals surface area contributed by atoms with Crippen molar-refractivity contribution in [3.63, 3.8) is 0 Å². The number of carbonyl (C=O) groups excluding carboxylic acids is 1. The molecule has 3 heterocycles. The third-order valence-electron chi connectivity index (χ3n) is 5.09. The number of rotatable bonds is 3. The Morgan fingerprint density at radius 1 is 1.19 bits per heavy atom. The summed E-state index contributed by atoms with van der Waals surface area (Å²) < 4.78 is 1.09. The molecule has 7 nitrogen and oxygen atoms in total. The predicted octanol–water partition coefficient (Wildman–Crippen LogP) is 2.54. The highest BCUT2D eigenvalue weighted by atomic mass is 16.3. The average Bonchev–Trinajstić information content (AvgIpc) is 3.04. The second-order valence-electron chi connectivity index (χ2n) is 6.92. The third kappa shape index (κ3) is 3.45. The van der Waals surface area contributed by atoms with Crippen molar-refractivity contribution < 1.29 is 9.90 Å². The summed E-state index contributed by atoms with van der Waals surface area (Å²) in [5.74, 6) is -0.367. The number of amides is 1. The summed E-state index contributed by atoms with van der Waals surface area (Å²) in [6.45, 7) is 1.26. The van der Waals surface area contributed by atoms with E-state index in [0.29, 0.717) is 13.1 Å². The minimum Gasteiger partial charge on any atom is -0.493 e. The normalized spacial score (nSPS) is 17.9. The standard InChI is InChI=1S/C20H22N4O3/c25-18(23-9-5-1-2-6-10-23)13-24-19(26)17(22-20(24)27)11-14-12-21-16-8-4-3-7-15(14)16/h3-4,7-8,11-12,26H,1-2,5-6,9-10,13H2,(H,22,27)/b14-11+. The quantitative estimate of drug-likeness (QED) is 0.875. The molecule has 4 rings (SSSR count). The number of aromatic amines is 1. The number of nitrogens with one attached hydrogen (secondary N) is 1. The van der Waals surface area contributed by atoms with Crippen LogP contribution in [-0.2, 0) is 11.3 Å². The van der Waals surface area contributed by atoms with Crippen molar-refractivity contribution in [2.24, 2.45) is 4.99 Å². The number of H-pyrrole nitrogens is 1. The summed E-state index contributed by atoms with van der Waals surface area (Å²) in [6, 6.07) is 7.65. The van der Waals surface area contributed by atoms with Gasteiger partial charge in [-0.25, -0.2) is 4.79 Å². The zero-order valence-corrected chi connectivity index (χ0v) is 15.0. The van der Waals surface area contributed by atoms with Crippen molar-refractivity contribution in [1.82, 2.24) is 14.5 Å². The molecule has 1 fully saturated rings. The molecule has 0 radical (unpaired) electrons. The van der Waals surface area contributed by atoms with Crippen LogP contribution in [0, 0.1) is 0 Å². The van der Waals surface area contributed by atoms with Gasteiger partial charge in [0, 0.05) is 30.4 Å². The molecule has 0 atom stereocenters. The maximum absolute atomic E-state index is 12.5. The van der Waals surface area contributed by atoms with Crippen LogP contribution in [0.25, 0.3) is 11.6 Å². The van der Waals surface area contributed by atoms with Gasteiger partial charge in [0.25, 0.3) is 0 Å². The minimum absolute atomic E-state index is 0.139.